The maximum absolute atomic E-state index is 5.86. The van der Waals surface area contributed by atoms with E-state index in [1.807, 2.05) is 6.33 Å². The third-order valence-corrected chi connectivity index (χ3v) is 3.20. The number of nitrogens with two attached hydrogens (primary N) is 1. The predicted molar refractivity (Wildman–Crippen MR) is 62.7 cm³/mol. The van der Waals surface area contributed by atoms with Crippen molar-refractivity contribution in [3.8, 4) is 0 Å². The summed E-state index contributed by atoms with van der Waals surface area (Å²) in [4.78, 5) is 2.43. The van der Waals surface area contributed by atoms with E-state index in [4.69, 9.17) is 5.73 Å². The summed E-state index contributed by atoms with van der Waals surface area (Å²) >= 11 is 0. The zero-order valence-corrected chi connectivity index (χ0v) is 10.1. The number of rotatable bonds is 4. The van der Waals surface area contributed by atoms with Crippen molar-refractivity contribution in [1.29, 1.82) is 0 Å². The smallest absolute Gasteiger partial charge is 0.147 e. The highest BCUT2D eigenvalue weighted by Gasteiger charge is 2.23. The summed E-state index contributed by atoms with van der Waals surface area (Å²) in [7, 11) is 0. The lowest BCUT2D eigenvalue weighted by Crippen LogP contribution is -2.45. The van der Waals surface area contributed by atoms with Crippen LogP contribution in [0.5, 0.6) is 0 Å². The summed E-state index contributed by atoms with van der Waals surface area (Å²) in [6, 6.07) is 0.477. The maximum Gasteiger partial charge on any atom is 0.147 e. The largest absolute Gasteiger partial charge is 0.329 e. The van der Waals surface area contributed by atoms with Crippen LogP contribution in [-0.4, -0.2) is 38.8 Å². The second kappa shape index (κ2) is 4.93. The number of hydrogen-bond donors (Lipinski definition) is 1. The van der Waals surface area contributed by atoms with Gasteiger partial charge >= 0.3 is 0 Å². The number of aromatic nitrogens is 3. The number of fused-ring (bicyclic) bond motifs is 1. The van der Waals surface area contributed by atoms with Gasteiger partial charge in [0.05, 0.1) is 6.54 Å². The average molecular weight is 223 g/mol. The van der Waals surface area contributed by atoms with Crippen molar-refractivity contribution in [2.75, 3.05) is 13.1 Å². The molecule has 0 spiro atoms. The molecular formula is C11H21N5. The first-order chi connectivity index (χ1) is 7.70. The first kappa shape index (κ1) is 11.5. The molecule has 1 aromatic rings. The molecule has 2 rings (SSSR count). The monoisotopic (exact) mass is 223 g/mol. The van der Waals surface area contributed by atoms with Crippen molar-refractivity contribution in [3.05, 3.63) is 12.2 Å². The van der Waals surface area contributed by atoms with Crippen LogP contribution in [0.25, 0.3) is 0 Å². The fourth-order valence-corrected chi connectivity index (χ4v) is 2.34. The Morgan fingerprint density at radius 1 is 1.44 bits per heavy atom. The molecule has 0 saturated heterocycles. The van der Waals surface area contributed by atoms with Crippen LogP contribution >= 0.6 is 0 Å². The standard InChI is InChI=1S/C11H21N5/c1-9(2)5-10(6-12)15-3-4-16-8-13-14-11(16)7-15/h8-10H,3-7,12H2,1-2H3. The van der Waals surface area contributed by atoms with E-state index >= 15 is 0 Å². The van der Waals surface area contributed by atoms with Crippen molar-refractivity contribution in [3.63, 3.8) is 0 Å². The zero-order valence-electron chi connectivity index (χ0n) is 10.1. The second-order valence-electron chi connectivity index (χ2n) is 4.93. The first-order valence-corrected chi connectivity index (χ1v) is 6.01. The number of hydrogen-bond acceptors (Lipinski definition) is 4. The first-order valence-electron chi connectivity index (χ1n) is 6.01. The summed E-state index contributed by atoms with van der Waals surface area (Å²) in [5.74, 6) is 1.75. The third kappa shape index (κ3) is 2.41. The van der Waals surface area contributed by atoms with E-state index in [0.717, 1.165) is 38.4 Å². The normalized spacial score (nSPS) is 18.8. The highest BCUT2D eigenvalue weighted by molar-refractivity contribution is 4.92. The summed E-state index contributed by atoms with van der Waals surface area (Å²) < 4.78 is 2.12. The molecule has 0 fully saturated rings. The molecule has 1 aliphatic rings. The van der Waals surface area contributed by atoms with E-state index in [1.165, 1.54) is 0 Å². The molecule has 0 saturated carbocycles. The van der Waals surface area contributed by atoms with Crippen molar-refractivity contribution in [2.45, 2.75) is 39.4 Å². The minimum atomic E-state index is 0.477. The molecule has 1 atom stereocenters. The van der Waals surface area contributed by atoms with E-state index in [1.54, 1.807) is 0 Å². The summed E-state index contributed by atoms with van der Waals surface area (Å²) in [6.07, 6.45) is 2.97. The van der Waals surface area contributed by atoms with Crippen molar-refractivity contribution >= 4 is 0 Å². The lowest BCUT2D eigenvalue weighted by molar-refractivity contribution is 0.138. The van der Waals surface area contributed by atoms with Crippen LogP contribution < -0.4 is 5.73 Å². The topological polar surface area (TPSA) is 60.0 Å². The zero-order chi connectivity index (χ0) is 11.5. The molecule has 1 aromatic heterocycles. The van der Waals surface area contributed by atoms with Gasteiger partial charge in [0.25, 0.3) is 0 Å². The third-order valence-electron chi connectivity index (χ3n) is 3.20. The van der Waals surface area contributed by atoms with Gasteiger partial charge < -0.3 is 10.3 Å². The Kier molecular flexibility index (Phi) is 3.56. The van der Waals surface area contributed by atoms with Crippen LogP contribution in [0.3, 0.4) is 0 Å². The van der Waals surface area contributed by atoms with Gasteiger partial charge in [-0.25, -0.2) is 0 Å². The van der Waals surface area contributed by atoms with Gasteiger partial charge in [-0.1, -0.05) is 13.8 Å². The maximum atomic E-state index is 5.86. The molecule has 5 nitrogen and oxygen atoms in total. The van der Waals surface area contributed by atoms with Crippen LogP contribution in [0.4, 0.5) is 0 Å². The predicted octanol–water partition coefficient (Wildman–Crippen LogP) is 0.467. The fraction of sp³-hybridized carbons (Fsp3) is 0.818. The summed E-state index contributed by atoms with van der Waals surface area (Å²) in [5.41, 5.74) is 5.86. The van der Waals surface area contributed by atoms with Crippen LogP contribution in [0.15, 0.2) is 6.33 Å². The lowest BCUT2D eigenvalue weighted by atomic mass is 10.0. The van der Waals surface area contributed by atoms with Crippen molar-refractivity contribution in [2.24, 2.45) is 11.7 Å². The van der Waals surface area contributed by atoms with Crippen molar-refractivity contribution in [1.82, 2.24) is 19.7 Å². The fourth-order valence-electron chi connectivity index (χ4n) is 2.34. The highest BCUT2D eigenvalue weighted by atomic mass is 15.3. The molecule has 0 amide bonds. The molecule has 1 aliphatic heterocycles. The second-order valence-corrected chi connectivity index (χ2v) is 4.93. The van der Waals surface area contributed by atoms with E-state index in [9.17, 15) is 0 Å². The van der Waals surface area contributed by atoms with Gasteiger partial charge in [0, 0.05) is 25.7 Å². The summed E-state index contributed by atoms with van der Waals surface area (Å²) in [6.45, 7) is 8.14. The van der Waals surface area contributed by atoms with E-state index < -0.39 is 0 Å². The van der Waals surface area contributed by atoms with Crippen LogP contribution in [0.2, 0.25) is 0 Å². The molecule has 16 heavy (non-hydrogen) atoms. The summed E-state index contributed by atoms with van der Waals surface area (Å²) in [5, 5.41) is 8.07. The minimum absolute atomic E-state index is 0.477. The Bertz CT molecular complexity index is 333. The Morgan fingerprint density at radius 2 is 2.25 bits per heavy atom. The molecule has 0 aliphatic carbocycles. The Hall–Kier alpha value is -0.940. The molecule has 0 aromatic carbocycles. The SMILES string of the molecule is CC(C)CC(CN)N1CCn2cnnc2C1. The van der Waals surface area contributed by atoms with E-state index in [-0.39, 0.29) is 0 Å². The van der Waals surface area contributed by atoms with Crippen LogP contribution in [0.1, 0.15) is 26.1 Å². The molecular weight excluding hydrogens is 202 g/mol. The van der Waals surface area contributed by atoms with Gasteiger partial charge in [0.15, 0.2) is 0 Å². The Balaban J connectivity index is 2.01. The molecule has 1 unspecified atom stereocenters. The van der Waals surface area contributed by atoms with E-state index in [0.29, 0.717) is 12.0 Å². The van der Waals surface area contributed by atoms with E-state index in [2.05, 4.69) is 33.5 Å². The van der Waals surface area contributed by atoms with Gasteiger partial charge in [-0.2, -0.15) is 0 Å². The van der Waals surface area contributed by atoms with Crippen LogP contribution in [-0.2, 0) is 13.1 Å². The Labute approximate surface area is 96.6 Å². The quantitative estimate of drug-likeness (QED) is 0.806. The van der Waals surface area contributed by atoms with Crippen molar-refractivity contribution < 1.29 is 0 Å². The average Bonchev–Trinajstić information content (AvgIpc) is 2.72. The Morgan fingerprint density at radius 3 is 2.94 bits per heavy atom. The minimum Gasteiger partial charge on any atom is -0.329 e. The van der Waals surface area contributed by atoms with Gasteiger partial charge in [-0.15, -0.1) is 10.2 Å². The molecule has 2 N–H and O–H groups in total. The van der Waals surface area contributed by atoms with Gasteiger partial charge in [0.2, 0.25) is 0 Å². The van der Waals surface area contributed by atoms with Gasteiger partial charge in [-0.05, 0) is 12.3 Å². The molecule has 5 heteroatoms. The van der Waals surface area contributed by atoms with Crippen LogP contribution in [0, 0.1) is 5.92 Å². The lowest BCUT2D eigenvalue weighted by Gasteiger charge is -2.34. The molecule has 90 valence electrons. The molecule has 2 heterocycles. The number of nitrogens with zero attached hydrogens (tertiary/aromatic N) is 4. The van der Waals surface area contributed by atoms with Gasteiger partial charge in [-0.3, -0.25) is 4.90 Å². The van der Waals surface area contributed by atoms with Gasteiger partial charge in [0.1, 0.15) is 12.2 Å². The highest BCUT2D eigenvalue weighted by Crippen LogP contribution is 2.16. The molecule has 0 radical (unpaired) electrons. The molecule has 0 bridgehead atoms.